The third kappa shape index (κ3) is 2.76. The maximum Gasteiger partial charge on any atom is 0.129 e. The third-order valence-corrected chi connectivity index (χ3v) is 4.02. The molecule has 0 radical (unpaired) electrons. The number of hydrogen-bond donors (Lipinski definition) is 1. The van der Waals surface area contributed by atoms with Crippen molar-refractivity contribution in [2.45, 2.75) is 46.5 Å². The van der Waals surface area contributed by atoms with Crippen LogP contribution in [0.1, 0.15) is 52.1 Å². The Bertz CT molecular complexity index is 381. The largest absolute Gasteiger partial charge is 0.369 e. The standard InChI is InChI=1S/C14H23N3/c1-10(2)12-7-13(17-9-16-12)15-8-14(5-6-14)11(3)4/h7,9-11H,5-6,8H2,1-4H3,(H,15,16,17). The van der Waals surface area contributed by atoms with Crippen LogP contribution in [0.25, 0.3) is 0 Å². The second kappa shape index (κ2) is 4.63. The molecule has 1 N–H and O–H groups in total. The molecule has 1 heterocycles. The van der Waals surface area contributed by atoms with Gasteiger partial charge in [0.15, 0.2) is 0 Å². The molecule has 1 aromatic rings. The number of nitrogens with one attached hydrogen (secondary N) is 1. The second-order valence-electron chi connectivity index (χ2n) is 5.85. The van der Waals surface area contributed by atoms with Crippen molar-refractivity contribution < 1.29 is 0 Å². The van der Waals surface area contributed by atoms with Crippen LogP contribution in [-0.4, -0.2) is 16.5 Å². The van der Waals surface area contributed by atoms with Crippen LogP contribution in [0.2, 0.25) is 0 Å². The van der Waals surface area contributed by atoms with E-state index in [9.17, 15) is 0 Å². The summed E-state index contributed by atoms with van der Waals surface area (Å²) in [5.74, 6) is 2.18. The fourth-order valence-electron chi connectivity index (χ4n) is 2.17. The van der Waals surface area contributed by atoms with Gasteiger partial charge in [0.05, 0.1) is 0 Å². The van der Waals surface area contributed by atoms with Crippen LogP contribution in [-0.2, 0) is 0 Å². The Morgan fingerprint density at radius 3 is 2.47 bits per heavy atom. The first-order chi connectivity index (χ1) is 8.03. The second-order valence-corrected chi connectivity index (χ2v) is 5.85. The zero-order chi connectivity index (χ0) is 12.5. The molecule has 0 aliphatic heterocycles. The van der Waals surface area contributed by atoms with Gasteiger partial charge in [0.2, 0.25) is 0 Å². The van der Waals surface area contributed by atoms with Gasteiger partial charge < -0.3 is 5.32 Å². The highest BCUT2D eigenvalue weighted by molar-refractivity contribution is 5.36. The Morgan fingerprint density at radius 1 is 1.24 bits per heavy atom. The van der Waals surface area contributed by atoms with E-state index < -0.39 is 0 Å². The highest BCUT2D eigenvalue weighted by atomic mass is 15.0. The van der Waals surface area contributed by atoms with Crippen molar-refractivity contribution in [2.24, 2.45) is 11.3 Å². The predicted molar refractivity (Wildman–Crippen MR) is 71.1 cm³/mol. The Balaban J connectivity index is 1.97. The predicted octanol–water partition coefficient (Wildman–Crippen LogP) is 3.45. The summed E-state index contributed by atoms with van der Waals surface area (Å²) in [5, 5.41) is 3.47. The lowest BCUT2D eigenvalue weighted by atomic mass is 9.92. The maximum atomic E-state index is 4.29. The summed E-state index contributed by atoms with van der Waals surface area (Å²) in [6.07, 6.45) is 4.35. The van der Waals surface area contributed by atoms with Crippen LogP contribution in [0, 0.1) is 11.3 Å². The molecule has 0 aromatic carbocycles. The summed E-state index contributed by atoms with van der Waals surface area (Å²) >= 11 is 0. The van der Waals surface area contributed by atoms with Crippen molar-refractivity contribution in [3.8, 4) is 0 Å². The average molecular weight is 233 g/mol. The van der Waals surface area contributed by atoms with Crippen LogP contribution >= 0.6 is 0 Å². The van der Waals surface area contributed by atoms with E-state index in [1.807, 2.05) is 0 Å². The Kier molecular flexibility index (Phi) is 3.36. The van der Waals surface area contributed by atoms with Crippen molar-refractivity contribution in [3.05, 3.63) is 18.1 Å². The minimum absolute atomic E-state index is 0.457. The number of nitrogens with zero attached hydrogens (tertiary/aromatic N) is 2. The first-order valence-corrected chi connectivity index (χ1v) is 6.59. The molecule has 1 aromatic heterocycles. The highest BCUT2D eigenvalue weighted by Crippen LogP contribution is 2.51. The van der Waals surface area contributed by atoms with Gasteiger partial charge in [-0.05, 0) is 30.1 Å². The van der Waals surface area contributed by atoms with Gasteiger partial charge in [0.25, 0.3) is 0 Å². The average Bonchev–Trinajstić information content (AvgIpc) is 3.08. The van der Waals surface area contributed by atoms with Gasteiger partial charge >= 0.3 is 0 Å². The fraction of sp³-hybridized carbons (Fsp3) is 0.714. The molecule has 1 aliphatic carbocycles. The van der Waals surface area contributed by atoms with E-state index in [0.29, 0.717) is 11.3 Å². The molecule has 0 saturated heterocycles. The van der Waals surface area contributed by atoms with Gasteiger partial charge in [-0.3, -0.25) is 0 Å². The van der Waals surface area contributed by atoms with Gasteiger partial charge in [-0.2, -0.15) is 0 Å². The number of anilines is 1. The van der Waals surface area contributed by atoms with E-state index in [1.54, 1.807) is 6.33 Å². The molecule has 1 saturated carbocycles. The van der Waals surface area contributed by atoms with E-state index in [0.717, 1.165) is 24.0 Å². The molecule has 94 valence electrons. The Hall–Kier alpha value is -1.12. The smallest absolute Gasteiger partial charge is 0.129 e. The number of rotatable bonds is 5. The van der Waals surface area contributed by atoms with Gasteiger partial charge in [0.1, 0.15) is 12.1 Å². The van der Waals surface area contributed by atoms with E-state index in [4.69, 9.17) is 0 Å². The Morgan fingerprint density at radius 2 is 1.94 bits per heavy atom. The molecule has 0 amide bonds. The molecule has 0 unspecified atom stereocenters. The molecule has 1 fully saturated rings. The van der Waals surface area contributed by atoms with Crippen LogP contribution in [0.3, 0.4) is 0 Å². The lowest BCUT2D eigenvalue weighted by Crippen LogP contribution is -2.21. The molecule has 2 rings (SSSR count). The van der Waals surface area contributed by atoms with E-state index >= 15 is 0 Å². The summed E-state index contributed by atoms with van der Waals surface area (Å²) in [4.78, 5) is 8.57. The van der Waals surface area contributed by atoms with E-state index in [1.165, 1.54) is 12.8 Å². The molecule has 3 heteroatoms. The van der Waals surface area contributed by atoms with Crippen LogP contribution < -0.4 is 5.32 Å². The van der Waals surface area contributed by atoms with Crippen molar-refractivity contribution in [2.75, 3.05) is 11.9 Å². The van der Waals surface area contributed by atoms with E-state index in [-0.39, 0.29) is 0 Å². The molecule has 0 atom stereocenters. The third-order valence-electron chi connectivity index (χ3n) is 4.02. The lowest BCUT2D eigenvalue weighted by molar-refractivity contribution is 0.380. The fourth-order valence-corrected chi connectivity index (χ4v) is 2.17. The molecule has 0 spiro atoms. The summed E-state index contributed by atoms with van der Waals surface area (Å²) in [5.41, 5.74) is 1.63. The van der Waals surface area contributed by atoms with Crippen molar-refractivity contribution in [1.29, 1.82) is 0 Å². The summed E-state index contributed by atoms with van der Waals surface area (Å²) in [6, 6.07) is 2.07. The van der Waals surface area contributed by atoms with Crippen LogP contribution in [0.5, 0.6) is 0 Å². The first-order valence-electron chi connectivity index (χ1n) is 6.59. The normalized spacial score (nSPS) is 17.5. The zero-order valence-corrected chi connectivity index (χ0v) is 11.3. The topological polar surface area (TPSA) is 37.8 Å². The highest BCUT2D eigenvalue weighted by Gasteiger charge is 2.44. The first kappa shape index (κ1) is 12.3. The van der Waals surface area contributed by atoms with E-state index in [2.05, 4.69) is 49.0 Å². The van der Waals surface area contributed by atoms with Gasteiger partial charge in [-0.25, -0.2) is 9.97 Å². The lowest BCUT2D eigenvalue weighted by Gasteiger charge is -2.20. The van der Waals surface area contributed by atoms with Gasteiger partial charge in [-0.15, -0.1) is 0 Å². The van der Waals surface area contributed by atoms with Crippen molar-refractivity contribution in [3.63, 3.8) is 0 Å². The zero-order valence-electron chi connectivity index (χ0n) is 11.3. The van der Waals surface area contributed by atoms with Crippen molar-refractivity contribution in [1.82, 2.24) is 9.97 Å². The Labute approximate surface area is 104 Å². The summed E-state index contributed by atoms with van der Waals surface area (Å²) in [7, 11) is 0. The molecule has 0 bridgehead atoms. The van der Waals surface area contributed by atoms with Crippen molar-refractivity contribution >= 4 is 5.82 Å². The molecule has 3 nitrogen and oxygen atoms in total. The molecular formula is C14H23N3. The quantitative estimate of drug-likeness (QED) is 0.846. The molecule has 17 heavy (non-hydrogen) atoms. The van der Waals surface area contributed by atoms with Crippen LogP contribution in [0.4, 0.5) is 5.82 Å². The van der Waals surface area contributed by atoms with Crippen LogP contribution in [0.15, 0.2) is 12.4 Å². The SMILES string of the molecule is CC(C)c1cc(NCC2(C(C)C)CC2)ncn1. The van der Waals surface area contributed by atoms with Gasteiger partial charge in [-0.1, -0.05) is 27.7 Å². The minimum atomic E-state index is 0.457. The molecule has 1 aliphatic rings. The monoisotopic (exact) mass is 233 g/mol. The summed E-state index contributed by atoms with van der Waals surface area (Å²) < 4.78 is 0. The minimum Gasteiger partial charge on any atom is -0.369 e. The maximum absolute atomic E-state index is 4.29. The van der Waals surface area contributed by atoms with Gasteiger partial charge in [0, 0.05) is 18.3 Å². The number of aromatic nitrogens is 2. The summed E-state index contributed by atoms with van der Waals surface area (Å²) in [6.45, 7) is 9.98. The molecular weight excluding hydrogens is 210 g/mol. The number of hydrogen-bond acceptors (Lipinski definition) is 3.